The molecule has 0 fully saturated rings. The van der Waals surface area contributed by atoms with E-state index >= 15 is 0 Å². The van der Waals surface area contributed by atoms with Gasteiger partial charge < -0.3 is 15.2 Å². The van der Waals surface area contributed by atoms with E-state index in [1.807, 2.05) is 0 Å². The van der Waals surface area contributed by atoms with Crippen molar-refractivity contribution in [2.24, 2.45) is 5.92 Å². The molecule has 2 atom stereocenters. The van der Waals surface area contributed by atoms with Gasteiger partial charge in [0.1, 0.15) is 11.6 Å². The van der Waals surface area contributed by atoms with Crippen LogP contribution in [0, 0.1) is 5.92 Å². The van der Waals surface area contributed by atoms with Crippen molar-refractivity contribution in [3.63, 3.8) is 0 Å². The number of aliphatic carboxylic acids is 1. The molecule has 0 spiro atoms. The SMILES string of the molecule is CC(C)[C@@H](C(=O)N[C@H](C(=O)[O-])c1ccccc1)n1nnc2ccccc2c1=O. The third-order valence-corrected chi connectivity index (χ3v) is 4.41. The van der Waals surface area contributed by atoms with E-state index in [4.69, 9.17) is 0 Å². The van der Waals surface area contributed by atoms with Crippen LogP contribution in [-0.4, -0.2) is 26.9 Å². The fourth-order valence-electron chi connectivity index (χ4n) is 3.03. The fourth-order valence-corrected chi connectivity index (χ4v) is 3.03. The zero-order valence-electron chi connectivity index (χ0n) is 15.4. The average molecular weight is 379 g/mol. The summed E-state index contributed by atoms with van der Waals surface area (Å²) in [6.45, 7) is 3.48. The number of rotatable bonds is 6. The number of nitrogens with one attached hydrogen (secondary N) is 1. The summed E-state index contributed by atoms with van der Waals surface area (Å²) in [5.41, 5.74) is 0.322. The van der Waals surface area contributed by atoms with Crippen LogP contribution >= 0.6 is 0 Å². The minimum atomic E-state index is -1.45. The lowest BCUT2D eigenvalue weighted by Crippen LogP contribution is -2.47. The van der Waals surface area contributed by atoms with Crippen molar-refractivity contribution in [3.8, 4) is 0 Å². The number of benzene rings is 2. The number of hydrogen-bond acceptors (Lipinski definition) is 6. The lowest BCUT2D eigenvalue weighted by atomic mass is 10.0. The molecule has 2 aromatic carbocycles. The van der Waals surface area contributed by atoms with Gasteiger partial charge in [0.05, 0.1) is 17.4 Å². The Bertz CT molecular complexity index is 1060. The zero-order chi connectivity index (χ0) is 20.3. The predicted octanol–water partition coefficient (Wildman–Crippen LogP) is 0.596. The molecule has 0 aliphatic rings. The summed E-state index contributed by atoms with van der Waals surface area (Å²) in [5.74, 6) is -2.44. The Labute approximate surface area is 160 Å². The summed E-state index contributed by atoms with van der Waals surface area (Å²) in [4.78, 5) is 37.3. The standard InChI is InChI=1S/C20H20N4O4/c1-12(2)17(24-19(26)14-10-6-7-11-15(14)22-23-24)18(25)21-16(20(27)28)13-8-4-3-5-9-13/h3-12,16-17H,1-2H3,(H,21,25)(H,27,28)/p-1/t16-,17-/m0/s1. The van der Waals surface area contributed by atoms with E-state index in [9.17, 15) is 19.5 Å². The molecule has 0 radical (unpaired) electrons. The molecule has 1 aromatic heterocycles. The number of nitrogens with zero attached hydrogens (tertiary/aromatic N) is 3. The number of carbonyl (C=O) groups excluding carboxylic acids is 2. The minimum Gasteiger partial charge on any atom is -0.548 e. The van der Waals surface area contributed by atoms with Gasteiger partial charge >= 0.3 is 0 Å². The van der Waals surface area contributed by atoms with Crippen LogP contribution in [0.1, 0.15) is 31.5 Å². The van der Waals surface area contributed by atoms with Crippen LogP contribution in [0.2, 0.25) is 0 Å². The van der Waals surface area contributed by atoms with Gasteiger partial charge in [-0.05, 0) is 23.6 Å². The molecule has 0 bridgehead atoms. The van der Waals surface area contributed by atoms with Gasteiger partial charge in [-0.2, -0.15) is 4.68 Å². The van der Waals surface area contributed by atoms with Crippen LogP contribution in [0.4, 0.5) is 0 Å². The van der Waals surface area contributed by atoms with Crippen molar-refractivity contribution in [1.29, 1.82) is 0 Å². The number of carboxylic acid groups (broad SMARTS) is 1. The third-order valence-electron chi connectivity index (χ3n) is 4.41. The smallest absolute Gasteiger partial charge is 0.278 e. The molecule has 1 N–H and O–H groups in total. The molecule has 0 saturated heterocycles. The molecule has 8 heteroatoms. The first-order chi connectivity index (χ1) is 13.4. The third kappa shape index (κ3) is 3.75. The first kappa shape index (κ1) is 19.2. The largest absolute Gasteiger partial charge is 0.548 e. The highest BCUT2D eigenvalue weighted by Crippen LogP contribution is 2.19. The highest BCUT2D eigenvalue weighted by atomic mass is 16.4. The monoisotopic (exact) mass is 379 g/mol. The molecule has 3 rings (SSSR count). The first-order valence-corrected chi connectivity index (χ1v) is 8.80. The van der Waals surface area contributed by atoms with Gasteiger partial charge in [0.15, 0.2) is 0 Å². The van der Waals surface area contributed by atoms with Gasteiger partial charge in [0.25, 0.3) is 5.56 Å². The number of hydrogen-bond donors (Lipinski definition) is 1. The number of carbonyl (C=O) groups is 2. The Morgan fingerprint density at radius 1 is 1.04 bits per heavy atom. The van der Waals surface area contributed by atoms with Gasteiger partial charge in [-0.15, -0.1) is 5.10 Å². The molecular weight excluding hydrogens is 360 g/mol. The summed E-state index contributed by atoms with van der Waals surface area (Å²) in [5, 5.41) is 22.3. The Morgan fingerprint density at radius 3 is 2.32 bits per heavy atom. The molecule has 0 aliphatic carbocycles. The molecule has 0 unspecified atom stereocenters. The molecule has 28 heavy (non-hydrogen) atoms. The second kappa shape index (κ2) is 7.99. The van der Waals surface area contributed by atoms with Crippen molar-refractivity contribution in [1.82, 2.24) is 20.3 Å². The molecular formula is C20H19N4O4-. The Balaban J connectivity index is 1.98. The van der Waals surface area contributed by atoms with E-state index in [0.717, 1.165) is 4.68 Å². The van der Waals surface area contributed by atoms with Crippen LogP contribution in [0.3, 0.4) is 0 Å². The van der Waals surface area contributed by atoms with Crippen molar-refractivity contribution < 1.29 is 14.7 Å². The van der Waals surface area contributed by atoms with Crippen molar-refractivity contribution in [2.45, 2.75) is 25.9 Å². The van der Waals surface area contributed by atoms with Crippen LogP contribution < -0.4 is 16.0 Å². The predicted molar refractivity (Wildman–Crippen MR) is 100 cm³/mol. The van der Waals surface area contributed by atoms with E-state index in [1.54, 1.807) is 68.4 Å². The highest BCUT2D eigenvalue weighted by molar-refractivity contribution is 5.86. The zero-order valence-corrected chi connectivity index (χ0v) is 15.4. The Kier molecular flexibility index (Phi) is 5.49. The summed E-state index contributed by atoms with van der Waals surface area (Å²) in [7, 11) is 0. The lowest BCUT2D eigenvalue weighted by molar-refractivity contribution is -0.308. The maximum Gasteiger partial charge on any atom is 0.278 e. The summed E-state index contributed by atoms with van der Waals surface area (Å²) in [6.07, 6.45) is 0. The molecule has 8 nitrogen and oxygen atoms in total. The Morgan fingerprint density at radius 2 is 1.68 bits per heavy atom. The summed E-state index contributed by atoms with van der Waals surface area (Å²) in [6, 6.07) is 12.5. The topological polar surface area (TPSA) is 117 Å². The van der Waals surface area contributed by atoms with Gasteiger partial charge in [-0.25, -0.2) is 0 Å². The van der Waals surface area contributed by atoms with Gasteiger partial charge in [-0.1, -0.05) is 61.5 Å². The number of aromatic nitrogens is 3. The molecule has 0 aliphatic heterocycles. The van der Waals surface area contributed by atoms with Crippen LogP contribution in [-0.2, 0) is 9.59 Å². The molecule has 1 heterocycles. The van der Waals surface area contributed by atoms with Crippen molar-refractivity contribution in [2.75, 3.05) is 0 Å². The number of carboxylic acids is 1. The molecule has 144 valence electrons. The normalized spacial score (nSPS) is 13.2. The first-order valence-electron chi connectivity index (χ1n) is 8.80. The van der Waals surface area contributed by atoms with Gasteiger partial charge in [-0.3, -0.25) is 9.59 Å². The molecule has 1 amide bonds. The summed E-state index contributed by atoms with van der Waals surface area (Å²) >= 11 is 0. The number of fused-ring (bicyclic) bond motifs is 1. The van der Waals surface area contributed by atoms with E-state index in [2.05, 4.69) is 15.6 Å². The quantitative estimate of drug-likeness (QED) is 0.670. The Hall–Kier alpha value is -3.55. The molecule has 0 saturated carbocycles. The second-order valence-electron chi connectivity index (χ2n) is 6.72. The van der Waals surface area contributed by atoms with E-state index in [-0.39, 0.29) is 5.92 Å². The van der Waals surface area contributed by atoms with E-state index in [1.165, 1.54) is 0 Å². The minimum absolute atomic E-state index is 0.329. The van der Waals surface area contributed by atoms with Crippen LogP contribution in [0.25, 0.3) is 10.9 Å². The summed E-state index contributed by atoms with van der Waals surface area (Å²) < 4.78 is 1.000. The van der Waals surface area contributed by atoms with Crippen molar-refractivity contribution in [3.05, 3.63) is 70.5 Å². The highest BCUT2D eigenvalue weighted by Gasteiger charge is 2.29. The van der Waals surface area contributed by atoms with Gasteiger partial charge in [0.2, 0.25) is 5.91 Å². The molecule has 3 aromatic rings. The van der Waals surface area contributed by atoms with E-state index in [0.29, 0.717) is 16.5 Å². The van der Waals surface area contributed by atoms with Crippen molar-refractivity contribution >= 4 is 22.8 Å². The van der Waals surface area contributed by atoms with Crippen LogP contribution in [0.5, 0.6) is 0 Å². The van der Waals surface area contributed by atoms with E-state index < -0.39 is 29.5 Å². The lowest BCUT2D eigenvalue weighted by Gasteiger charge is -2.26. The fraction of sp³-hybridized carbons (Fsp3) is 0.250. The van der Waals surface area contributed by atoms with Crippen LogP contribution in [0.15, 0.2) is 59.4 Å². The van der Waals surface area contributed by atoms with Gasteiger partial charge in [0, 0.05) is 0 Å². The number of amides is 1. The maximum absolute atomic E-state index is 12.9. The average Bonchev–Trinajstić information content (AvgIpc) is 2.68. The second-order valence-corrected chi connectivity index (χ2v) is 6.72. The maximum atomic E-state index is 12.9.